The third-order valence-electron chi connectivity index (χ3n) is 4.91. The van der Waals surface area contributed by atoms with Crippen LogP contribution in [0.3, 0.4) is 0 Å². The van der Waals surface area contributed by atoms with Crippen LogP contribution in [-0.4, -0.2) is 21.5 Å². The molecular weight excluding hydrogens is 411 g/mol. The molecule has 9 heteroatoms. The molecular formula is C21H22F3N5S. The number of benzene rings is 1. The number of hydrogen-bond donors (Lipinski definition) is 2. The molecule has 1 unspecified atom stereocenters. The van der Waals surface area contributed by atoms with E-state index < -0.39 is 11.7 Å². The van der Waals surface area contributed by atoms with E-state index in [1.54, 1.807) is 12.3 Å². The lowest BCUT2D eigenvalue weighted by Crippen LogP contribution is -2.28. The Morgan fingerprint density at radius 3 is 2.83 bits per heavy atom. The Morgan fingerprint density at radius 1 is 1.20 bits per heavy atom. The van der Waals surface area contributed by atoms with Gasteiger partial charge in [0, 0.05) is 29.3 Å². The van der Waals surface area contributed by atoms with Crippen molar-refractivity contribution < 1.29 is 13.2 Å². The van der Waals surface area contributed by atoms with Crippen molar-refractivity contribution in [2.45, 2.75) is 44.8 Å². The Labute approximate surface area is 176 Å². The fourth-order valence-corrected chi connectivity index (χ4v) is 4.35. The van der Waals surface area contributed by atoms with Crippen LogP contribution in [0.5, 0.6) is 0 Å². The molecule has 2 N–H and O–H groups in total. The zero-order chi connectivity index (χ0) is 21.1. The number of alkyl halides is 3. The van der Waals surface area contributed by atoms with Crippen LogP contribution in [0.4, 0.5) is 24.1 Å². The molecule has 4 rings (SSSR count). The molecule has 1 saturated heterocycles. The molecule has 1 aliphatic rings. The molecule has 0 spiro atoms. The number of halogens is 3. The van der Waals surface area contributed by atoms with Crippen LogP contribution in [-0.2, 0) is 12.6 Å². The van der Waals surface area contributed by atoms with Crippen molar-refractivity contribution >= 4 is 22.3 Å². The van der Waals surface area contributed by atoms with Gasteiger partial charge in [-0.1, -0.05) is 24.6 Å². The highest BCUT2D eigenvalue weighted by molar-refractivity contribution is 7.15. The van der Waals surface area contributed by atoms with Gasteiger partial charge in [-0.15, -0.1) is 11.3 Å². The molecule has 3 heterocycles. The molecule has 3 aromatic rings. The van der Waals surface area contributed by atoms with Gasteiger partial charge in [0.25, 0.3) is 0 Å². The van der Waals surface area contributed by atoms with Crippen molar-refractivity contribution in [2.24, 2.45) is 0 Å². The summed E-state index contributed by atoms with van der Waals surface area (Å²) in [5, 5.41) is 7.32. The average Bonchev–Trinajstić information content (AvgIpc) is 3.14. The van der Waals surface area contributed by atoms with E-state index in [4.69, 9.17) is 0 Å². The molecule has 5 nitrogen and oxygen atoms in total. The number of nitrogens with zero attached hydrogens (tertiary/aromatic N) is 3. The lowest BCUT2D eigenvalue weighted by atomic mass is 10.0. The standard InChI is InChI=1S/C21H22F3N5S/c1-13-9-18(28-19(27-13)17-7-2-3-8-25-17)29-20-26-12-16(30-20)11-14-5-4-6-15(10-14)21(22,23)24/h4-6,9-10,12,17,25H,2-3,7-8,11H2,1H3,(H,26,27,28,29). The normalized spacial score (nSPS) is 17.1. The van der Waals surface area contributed by atoms with Crippen LogP contribution < -0.4 is 10.6 Å². The van der Waals surface area contributed by atoms with E-state index in [1.807, 2.05) is 13.0 Å². The number of piperidine rings is 1. The van der Waals surface area contributed by atoms with Gasteiger partial charge >= 0.3 is 6.18 Å². The fraction of sp³-hybridized carbons (Fsp3) is 0.381. The van der Waals surface area contributed by atoms with Gasteiger partial charge in [0.05, 0.1) is 11.6 Å². The SMILES string of the molecule is Cc1cc(Nc2ncc(Cc3cccc(C(F)(F)F)c3)s2)nc(C2CCCCN2)n1. The first-order valence-corrected chi connectivity index (χ1v) is 10.7. The number of thiazole rings is 1. The van der Waals surface area contributed by atoms with Gasteiger partial charge in [0.15, 0.2) is 5.13 Å². The van der Waals surface area contributed by atoms with Gasteiger partial charge in [0.1, 0.15) is 11.6 Å². The maximum atomic E-state index is 12.9. The third-order valence-corrected chi connectivity index (χ3v) is 5.83. The zero-order valence-electron chi connectivity index (χ0n) is 16.5. The summed E-state index contributed by atoms with van der Waals surface area (Å²) >= 11 is 1.40. The molecule has 2 aromatic heterocycles. The predicted octanol–water partition coefficient (Wildman–Crippen LogP) is 5.41. The number of nitrogens with one attached hydrogen (secondary N) is 2. The minimum absolute atomic E-state index is 0.159. The first-order chi connectivity index (χ1) is 14.4. The van der Waals surface area contributed by atoms with Crippen molar-refractivity contribution in [1.82, 2.24) is 20.3 Å². The molecule has 0 bridgehead atoms. The zero-order valence-corrected chi connectivity index (χ0v) is 17.3. The Hall–Kier alpha value is -2.52. The Bertz CT molecular complexity index is 1010. The lowest BCUT2D eigenvalue weighted by Gasteiger charge is -2.22. The molecule has 1 aliphatic heterocycles. The van der Waals surface area contributed by atoms with Crippen LogP contribution in [0.1, 0.15) is 52.8 Å². The number of aryl methyl sites for hydroxylation is 1. The molecule has 1 aromatic carbocycles. The summed E-state index contributed by atoms with van der Waals surface area (Å²) in [7, 11) is 0. The largest absolute Gasteiger partial charge is 0.416 e. The van der Waals surface area contributed by atoms with E-state index in [9.17, 15) is 13.2 Å². The van der Waals surface area contributed by atoms with Crippen molar-refractivity contribution in [2.75, 3.05) is 11.9 Å². The molecule has 0 radical (unpaired) electrons. The molecule has 0 amide bonds. The van der Waals surface area contributed by atoms with E-state index in [-0.39, 0.29) is 6.04 Å². The number of hydrogen-bond acceptors (Lipinski definition) is 6. The van der Waals surface area contributed by atoms with Crippen LogP contribution in [0.25, 0.3) is 0 Å². The fourth-order valence-electron chi connectivity index (χ4n) is 3.50. The summed E-state index contributed by atoms with van der Waals surface area (Å²) in [5.41, 5.74) is 0.836. The highest BCUT2D eigenvalue weighted by Crippen LogP contribution is 2.31. The molecule has 0 aliphatic carbocycles. The quantitative estimate of drug-likeness (QED) is 0.563. The average molecular weight is 434 g/mol. The van der Waals surface area contributed by atoms with Crippen molar-refractivity contribution in [3.8, 4) is 0 Å². The Kier molecular flexibility index (Phi) is 6.01. The van der Waals surface area contributed by atoms with Crippen LogP contribution in [0, 0.1) is 6.92 Å². The number of rotatable bonds is 5. The Morgan fingerprint density at radius 2 is 2.07 bits per heavy atom. The van der Waals surface area contributed by atoms with Crippen molar-refractivity contribution in [3.63, 3.8) is 0 Å². The monoisotopic (exact) mass is 433 g/mol. The van der Waals surface area contributed by atoms with E-state index in [0.29, 0.717) is 22.9 Å². The number of aromatic nitrogens is 3. The predicted molar refractivity (Wildman–Crippen MR) is 111 cm³/mol. The maximum Gasteiger partial charge on any atom is 0.416 e. The minimum atomic E-state index is -4.34. The van der Waals surface area contributed by atoms with Crippen molar-refractivity contribution in [3.05, 3.63) is 64.1 Å². The molecule has 158 valence electrons. The van der Waals surface area contributed by atoms with E-state index >= 15 is 0 Å². The number of anilines is 2. The highest BCUT2D eigenvalue weighted by Gasteiger charge is 2.30. The van der Waals surface area contributed by atoms with Gasteiger partial charge in [-0.2, -0.15) is 13.2 Å². The summed E-state index contributed by atoms with van der Waals surface area (Å²) in [4.78, 5) is 14.4. The summed E-state index contributed by atoms with van der Waals surface area (Å²) in [6.07, 6.45) is 1.08. The van der Waals surface area contributed by atoms with Gasteiger partial charge < -0.3 is 10.6 Å². The maximum absolute atomic E-state index is 12.9. The molecule has 1 fully saturated rings. The first kappa shape index (κ1) is 20.7. The third kappa shape index (κ3) is 5.14. The summed E-state index contributed by atoms with van der Waals surface area (Å²) in [6, 6.07) is 7.41. The van der Waals surface area contributed by atoms with Crippen LogP contribution in [0.15, 0.2) is 36.5 Å². The smallest absolute Gasteiger partial charge is 0.316 e. The molecule has 1 atom stereocenters. The van der Waals surface area contributed by atoms with E-state index in [0.717, 1.165) is 41.8 Å². The van der Waals surface area contributed by atoms with E-state index in [2.05, 4.69) is 25.6 Å². The van der Waals surface area contributed by atoms with Crippen LogP contribution in [0.2, 0.25) is 0 Å². The second-order valence-electron chi connectivity index (χ2n) is 7.39. The summed E-state index contributed by atoms with van der Waals surface area (Å²) in [6.45, 7) is 2.90. The van der Waals surface area contributed by atoms with Gasteiger partial charge in [-0.3, -0.25) is 0 Å². The highest BCUT2D eigenvalue weighted by atomic mass is 32.1. The van der Waals surface area contributed by atoms with Gasteiger partial charge in [-0.25, -0.2) is 15.0 Å². The van der Waals surface area contributed by atoms with Gasteiger partial charge in [-0.05, 0) is 37.9 Å². The van der Waals surface area contributed by atoms with E-state index in [1.165, 1.54) is 29.9 Å². The van der Waals surface area contributed by atoms with Gasteiger partial charge in [0.2, 0.25) is 0 Å². The first-order valence-electron chi connectivity index (χ1n) is 9.84. The Balaban J connectivity index is 1.47. The van der Waals surface area contributed by atoms with Crippen LogP contribution >= 0.6 is 11.3 Å². The molecule has 0 saturated carbocycles. The topological polar surface area (TPSA) is 62.7 Å². The summed E-state index contributed by atoms with van der Waals surface area (Å²) in [5.74, 6) is 1.45. The molecule has 30 heavy (non-hydrogen) atoms. The lowest BCUT2D eigenvalue weighted by molar-refractivity contribution is -0.137. The second kappa shape index (κ2) is 8.69. The summed E-state index contributed by atoms with van der Waals surface area (Å²) < 4.78 is 38.7. The minimum Gasteiger partial charge on any atom is -0.316 e. The van der Waals surface area contributed by atoms with Crippen molar-refractivity contribution in [1.29, 1.82) is 0 Å². The second-order valence-corrected chi connectivity index (χ2v) is 8.50.